The van der Waals surface area contributed by atoms with Crippen molar-refractivity contribution in [2.24, 2.45) is 0 Å². The summed E-state index contributed by atoms with van der Waals surface area (Å²) in [6.45, 7) is 3.04. The van der Waals surface area contributed by atoms with Gasteiger partial charge in [0.05, 0.1) is 7.11 Å². The summed E-state index contributed by atoms with van der Waals surface area (Å²) in [6.07, 6.45) is -2.15. The average Bonchev–Trinajstić information content (AvgIpc) is 2.37. The second kappa shape index (κ2) is 6.55. The highest BCUT2D eigenvalue weighted by Crippen LogP contribution is 2.19. The molecule has 1 rings (SSSR count). The molecule has 1 atom stereocenters. The number of ether oxygens (including phenoxy) is 2. The molecule has 0 aliphatic carbocycles. The van der Waals surface area contributed by atoms with Gasteiger partial charge in [-0.2, -0.15) is 0 Å². The van der Waals surface area contributed by atoms with E-state index in [0.29, 0.717) is 0 Å². The van der Waals surface area contributed by atoms with E-state index in [2.05, 4.69) is 4.74 Å². The molecule has 1 aromatic carbocycles. The van der Waals surface area contributed by atoms with Crippen LogP contribution in [0.5, 0.6) is 5.75 Å². The van der Waals surface area contributed by atoms with Crippen LogP contribution in [0.4, 0.5) is 4.79 Å². The Labute approximate surface area is 115 Å². The van der Waals surface area contributed by atoms with Crippen molar-refractivity contribution in [3.63, 3.8) is 0 Å². The molecule has 2 amide bonds. The van der Waals surface area contributed by atoms with Crippen molar-refractivity contribution >= 4 is 18.0 Å². The van der Waals surface area contributed by atoms with Gasteiger partial charge in [-0.3, -0.25) is 10.1 Å². The maximum absolute atomic E-state index is 11.8. The number of methoxy groups -OCH3 is 1. The summed E-state index contributed by atoms with van der Waals surface area (Å²) in [6, 6.07) is 4.41. The highest BCUT2D eigenvalue weighted by molar-refractivity contribution is 5.97. The molecule has 7 nitrogen and oxygen atoms in total. The van der Waals surface area contributed by atoms with Gasteiger partial charge in [-0.1, -0.05) is 6.07 Å². The number of benzene rings is 1. The summed E-state index contributed by atoms with van der Waals surface area (Å²) in [4.78, 5) is 34.1. The summed E-state index contributed by atoms with van der Waals surface area (Å²) in [5.74, 6) is -1.93. The standard InChI is InChI=1S/C13H15NO6/c1-7-4-5-9(10(15)6-7)12(17)20-8(2)11(16)14-13(18)19-3/h4-6,8,15H,1-3H3,(H,14,16,18)/t8-/m0/s1. The Morgan fingerprint density at radius 1 is 1.30 bits per heavy atom. The first-order valence-electron chi connectivity index (χ1n) is 5.74. The van der Waals surface area contributed by atoms with Crippen molar-refractivity contribution in [2.75, 3.05) is 7.11 Å². The topological polar surface area (TPSA) is 102 Å². The van der Waals surface area contributed by atoms with Crippen LogP contribution in [0.3, 0.4) is 0 Å². The van der Waals surface area contributed by atoms with Gasteiger partial charge in [0, 0.05) is 0 Å². The molecule has 2 N–H and O–H groups in total. The minimum absolute atomic E-state index is 0.0617. The van der Waals surface area contributed by atoms with Gasteiger partial charge >= 0.3 is 12.1 Å². The van der Waals surface area contributed by atoms with Gasteiger partial charge in [-0.05, 0) is 31.5 Å². The largest absolute Gasteiger partial charge is 0.507 e. The summed E-state index contributed by atoms with van der Waals surface area (Å²) in [5.41, 5.74) is 0.712. The summed E-state index contributed by atoms with van der Waals surface area (Å²) in [5, 5.41) is 11.5. The summed E-state index contributed by atoms with van der Waals surface area (Å²) < 4.78 is 9.09. The molecule has 0 heterocycles. The number of alkyl carbamates (subject to hydrolysis) is 1. The molecule has 20 heavy (non-hydrogen) atoms. The van der Waals surface area contributed by atoms with E-state index in [0.717, 1.165) is 12.7 Å². The molecule has 0 fully saturated rings. The lowest BCUT2D eigenvalue weighted by Crippen LogP contribution is -2.39. The number of aromatic hydroxyl groups is 1. The third-order valence-corrected chi connectivity index (χ3v) is 2.44. The SMILES string of the molecule is COC(=O)NC(=O)[C@H](C)OC(=O)c1ccc(C)cc1O. The zero-order valence-electron chi connectivity index (χ0n) is 11.3. The number of amides is 2. The summed E-state index contributed by atoms with van der Waals surface area (Å²) in [7, 11) is 1.10. The Morgan fingerprint density at radius 2 is 1.95 bits per heavy atom. The molecule has 0 saturated carbocycles. The lowest BCUT2D eigenvalue weighted by Gasteiger charge is -2.13. The highest BCUT2D eigenvalue weighted by atomic mass is 16.6. The number of esters is 1. The molecule has 7 heteroatoms. The first-order chi connectivity index (χ1) is 9.35. The maximum Gasteiger partial charge on any atom is 0.413 e. The van der Waals surface area contributed by atoms with Crippen LogP contribution in [0.25, 0.3) is 0 Å². The molecule has 0 aliphatic rings. The van der Waals surface area contributed by atoms with Crippen molar-refractivity contribution in [3.8, 4) is 5.75 Å². The molecular formula is C13H15NO6. The molecule has 0 bridgehead atoms. The van der Waals surface area contributed by atoms with Crippen LogP contribution in [0.2, 0.25) is 0 Å². The lowest BCUT2D eigenvalue weighted by molar-refractivity contribution is -0.128. The molecule has 1 aromatic rings. The fourth-order valence-electron chi connectivity index (χ4n) is 1.35. The lowest BCUT2D eigenvalue weighted by atomic mass is 10.1. The van der Waals surface area contributed by atoms with E-state index in [4.69, 9.17) is 4.74 Å². The first kappa shape index (κ1) is 15.5. The van der Waals surface area contributed by atoms with Gasteiger partial charge in [0.2, 0.25) is 0 Å². The Balaban J connectivity index is 2.70. The van der Waals surface area contributed by atoms with E-state index in [-0.39, 0.29) is 11.3 Å². The van der Waals surface area contributed by atoms with Gasteiger partial charge < -0.3 is 14.6 Å². The molecule has 108 valence electrons. The number of phenols is 1. The van der Waals surface area contributed by atoms with Crippen LogP contribution in [-0.2, 0) is 14.3 Å². The zero-order chi connectivity index (χ0) is 15.3. The van der Waals surface area contributed by atoms with Crippen LogP contribution in [0.15, 0.2) is 18.2 Å². The highest BCUT2D eigenvalue weighted by Gasteiger charge is 2.22. The Hall–Kier alpha value is -2.57. The van der Waals surface area contributed by atoms with E-state index in [1.165, 1.54) is 19.1 Å². The van der Waals surface area contributed by atoms with Crippen molar-refractivity contribution in [3.05, 3.63) is 29.3 Å². The van der Waals surface area contributed by atoms with Crippen LogP contribution in [-0.4, -0.2) is 36.3 Å². The average molecular weight is 281 g/mol. The fraction of sp³-hybridized carbons (Fsp3) is 0.308. The number of phenolic OH excluding ortho intramolecular Hbond substituents is 1. The van der Waals surface area contributed by atoms with E-state index in [1.54, 1.807) is 13.0 Å². The maximum atomic E-state index is 11.8. The third-order valence-electron chi connectivity index (χ3n) is 2.44. The van der Waals surface area contributed by atoms with Gasteiger partial charge in [-0.25, -0.2) is 9.59 Å². The number of hydrogen-bond donors (Lipinski definition) is 2. The number of aryl methyl sites for hydroxylation is 1. The van der Waals surface area contributed by atoms with Crippen molar-refractivity contribution in [1.82, 2.24) is 5.32 Å². The van der Waals surface area contributed by atoms with Crippen LogP contribution in [0.1, 0.15) is 22.8 Å². The van der Waals surface area contributed by atoms with Gasteiger partial charge in [0.1, 0.15) is 11.3 Å². The van der Waals surface area contributed by atoms with Crippen LogP contribution >= 0.6 is 0 Å². The number of carbonyl (C=O) groups excluding carboxylic acids is 3. The Kier molecular flexibility index (Phi) is 5.08. The van der Waals surface area contributed by atoms with Crippen molar-refractivity contribution in [2.45, 2.75) is 20.0 Å². The quantitative estimate of drug-likeness (QED) is 0.805. The predicted octanol–water partition coefficient (Wildman–Crippen LogP) is 1.13. The van der Waals surface area contributed by atoms with Crippen LogP contribution < -0.4 is 5.32 Å². The molecule has 0 saturated heterocycles. The summed E-state index contributed by atoms with van der Waals surface area (Å²) >= 11 is 0. The van der Waals surface area contributed by atoms with Gasteiger partial charge in [0.15, 0.2) is 6.10 Å². The van der Waals surface area contributed by atoms with Gasteiger partial charge in [0.25, 0.3) is 5.91 Å². The third kappa shape index (κ3) is 3.98. The molecule has 0 radical (unpaired) electrons. The molecule has 0 unspecified atom stereocenters. The predicted molar refractivity (Wildman–Crippen MR) is 68.3 cm³/mol. The minimum Gasteiger partial charge on any atom is -0.507 e. The van der Waals surface area contributed by atoms with Crippen molar-refractivity contribution < 1.29 is 29.0 Å². The first-order valence-corrected chi connectivity index (χ1v) is 5.74. The Bertz CT molecular complexity index is 540. The fourth-order valence-corrected chi connectivity index (χ4v) is 1.35. The second-order valence-electron chi connectivity index (χ2n) is 4.05. The zero-order valence-corrected chi connectivity index (χ0v) is 11.3. The van der Waals surface area contributed by atoms with E-state index >= 15 is 0 Å². The molecule has 0 spiro atoms. The van der Waals surface area contributed by atoms with E-state index in [1.807, 2.05) is 5.32 Å². The number of imide groups is 1. The number of carbonyl (C=O) groups is 3. The number of hydrogen-bond acceptors (Lipinski definition) is 6. The molecule has 0 aromatic heterocycles. The van der Waals surface area contributed by atoms with Crippen molar-refractivity contribution in [1.29, 1.82) is 0 Å². The van der Waals surface area contributed by atoms with Crippen LogP contribution in [0, 0.1) is 6.92 Å². The second-order valence-corrected chi connectivity index (χ2v) is 4.05. The normalized spacial score (nSPS) is 11.3. The monoisotopic (exact) mass is 281 g/mol. The molecule has 0 aliphatic heterocycles. The van der Waals surface area contributed by atoms with E-state index < -0.39 is 24.1 Å². The van der Waals surface area contributed by atoms with Gasteiger partial charge in [-0.15, -0.1) is 0 Å². The smallest absolute Gasteiger partial charge is 0.413 e. The minimum atomic E-state index is -1.21. The van der Waals surface area contributed by atoms with E-state index in [9.17, 15) is 19.5 Å². The number of rotatable bonds is 3. The molecular weight excluding hydrogens is 266 g/mol. The number of nitrogens with one attached hydrogen (secondary N) is 1. The Morgan fingerprint density at radius 3 is 2.50 bits per heavy atom.